The predicted octanol–water partition coefficient (Wildman–Crippen LogP) is 2.97. The minimum atomic E-state index is 0.746. The lowest BCUT2D eigenvalue weighted by Gasteiger charge is -2.37. The fraction of sp³-hybridized carbons (Fsp3) is 0.476. The highest BCUT2D eigenvalue weighted by Crippen LogP contribution is 2.25. The third-order valence-electron chi connectivity index (χ3n) is 5.46. The molecule has 1 aromatic heterocycles. The number of aromatic nitrogens is 2. The van der Waals surface area contributed by atoms with Crippen molar-refractivity contribution >= 4 is 17.3 Å². The predicted molar refractivity (Wildman–Crippen MR) is 108 cm³/mol. The van der Waals surface area contributed by atoms with E-state index < -0.39 is 0 Å². The van der Waals surface area contributed by atoms with Crippen LogP contribution in [0.25, 0.3) is 0 Å². The van der Waals surface area contributed by atoms with Gasteiger partial charge in [0.15, 0.2) is 0 Å². The highest BCUT2D eigenvalue weighted by molar-refractivity contribution is 5.60. The molecule has 2 fully saturated rings. The van der Waals surface area contributed by atoms with Crippen LogP contribution in [0.15, 0.2) is 30.3 Å². The molecule has 0 unspecified atom stereocenters. The molecule has 2 aromatic rings. The van der Waals surface area contributed by atoms with Gasteiger partial charge in [0.05, 0.1) is 11.3 Å². The van der Waals surface area contributed by atoms with Gasteiger partial charge in [-0.3, -0.25) is 0 Å². The fourth-order valence-corrected chi connectivity index (χ4v) is 4.00. The van der Waals surface area contributed by atoms with Crippen LogP contribution in [-0.4, -0.2) is 49.2 Å². The second-order valence-corrected chi connectivity index (χ2v) is 7.28. The molecule has 4 rings (SSSR count). The average molecular weight is 362 g/mol. The summed E-state index contributed by atoms with van der Waals surface area (Å²) >= 11 is 0. The molecule has 2 saturated heterocycles. The van der Waals surface area contributed by atoms with E-state index in [9.17, 15) is 5.26 Å². The first kappa shape index (κ1) is 17.6. The molecule has 0 aliphatic carbocycles. The zero-order chi connectivity index (χ0) is 18.6. The number of piperidine rings is 1. The van der Waals surface area contributed by atoms with Gasteiger partial charge in [-0.2, -0.15) is 5.26 Å². The van der Waals surface area contributed by atoms with Crippen LogP contribution in [0.3, 0.4) is 0 Å². The first-order valence-electron chi connectivity index (χ1n) is 9.84. The van der Waals surface area contributed by atoms with Crippen molar-refractivity contribution in [3.05, 3.63) is 41.7 Å². The van der Waals surface area contributed by atoms with E-state index in [2.05, 4.69) is 31.8 Å². The number of anilines is 3. The SMILES string of the molecule is Cc1nc(N2CCCCC2)cc(N2CCN(c3ccccc3C#N)CC2)n1. The molecule has 0 saturated carbocycles. The summed E-state index contributed by atoms with van der Waals surface area (Å²) in [5, 5.41) is 9.36. The summed E-state index contributed by atoms with van der Waals surface area (Å²) in [6.07, 6.45) is 3.81. The summed E-state index contributed by atoms with van der Waals surface area (Å²) in [7, 11) is 0. The Morgan fingerprint density at radius 2 is 1.41 bits per heavy atom. The van der Waals surface area contributed by atoms with E-state index in [1.807, 2.05) is 31.2 Å². The summed E-state index contributed by atoms with van der Waals surface area (Å²) in [5.74, 6) is 2.93. The Labute approximate surface area is 161 Å². The number of rotatable bonds is 3. The summed E-state index contributed by atoms with van der Waals surface area (Å²) in [4.78, 5) is 16.4. The van der Waals surface area contributed by atoms with Gasteiger partial charge >= 0.3 is 0 Å². The molecule has 0 radical (unpaired) electrons. The molecule has 3 heterocycles. The Hall–Kier alpha value is -2.81. The van der Waals surface area contributed by atoms with E-state index in [4.69, 9.17) is 4.98 Å². The van der Waals surface area contributed by atoms with Gasteiger partial charge in [-0.05, 0) is 38.3 Å². The third kappa shape index (κ3) is 3.82. The molecule has 0 spiro atoms. The van der Waals surface area contributed by atoms with Gasteiger partial charge in [-0.25, -0.2) is 9.97 Å². The number of hydrogen-bond acceptors (Lipinski definition) is 6. The van der Waals surface area contributed by atoms with Crippen molar-refractivity contribution in [3.63, 3.8) is 0 Å². The van der Waals surface area contributed by atoms with Crippen LogP contribution in [0.1, 0.15) is 30.7 Å². The van der Waals surface area contributed by atoms with Crippen molar-refractivity contribution in [1.29, 1.82) is 5.26 Å². The Morgan fingerprint density at radius 1 is 0.815 bits per heavy atom. The van der Waals surface area contributed by atoms with Crippen molar-refractivity contribution in [3.8, 4) is 6.07 Å². The molecular weight excluding hydrogens is 336 g/mol. The molecule has 6 heteroatoms. The van der Waals surface area contributed by atoms with Crippen molar-refractivity contribution in [1.82, 2.24) is 9.97 Å². The summed E-state index contributed by atoms with van der Waals surface area (Å²) in [6, 6.07) is 12.3. The van der Waals surface area contributed by atoms with Gasteiger partial charge < -0.3 is 14.7 Å². The molecule has 140 valence electrons. The molecule has 1 aromatic carbocycles. The number of hydrogen-bond donors (Lipinski definition) is 0. The summed E-state index contributed by atoms with van der Waals surface area (Å²) < 4.78 is 0. The largest absolute Gasteiger partial charge is 0.367 e. The maximum atomic E-state index is 9.36. The fourth-order valence-electron chi connectivity index (χ4n) is 4.00. The number of benzene rings is 1. The first-order chi connectivity index (χ1) is 13.2. The van der Waals surface area contributed by atoms with Gasteiger partial charge in [0.2, 0.25) is 0 Å². The molecule has 0 amide bonds. The minimum absolute atomic E-state index is 0.746. The van der Waals surface area contributed by atoms with Gasteiger partial charge in [-0.1, -0.05) is 12.1 Å². The topological polar surface area (TPSA) is 59.3 Å². The number of nitriles is 1. The standard InChI is InChI=1S/C21H26N6/c1-17-23-20(26-9-5-2-6-10-26)15-21(24-17)27-13-11-25(12-14-27)19-8-4-3-7-18(19)16-22/h3-4,7-8,15H,2,5-6,9-14H2,1H3. The number of para-hydroxylation sites is 1. The van der Waals surface area contributed by atoms with Crippen molar-refractivity contribution < 1.29 is 0 Å². The highest BCUT2D eigenvalue weighted by atomic mass is 15.3. The van der Waals surface area contributed by atoms with Crippen LogP contribution >= 0.6 is 0 Å². The van der Waals surface area contributed by atoms with E-state index in [-0.39, 0.29) is 0 Å². The molecule has 2 aliphatic heterocycles. The number of aryl methyl sites for hydroxylation is 1. The lowest BCUT2D eigenvalue weighted by molar-refractivity contribution is 0.572. The van der Waals surface area contributed by atoms with Crippen LogP contribution < -0.4 is 14.7 Å². The Bertz CT molecular complexity index is 829. The first-order valence-corrected chi connectivity index (χ1v) is 9.84. The average Bonchev–Trinajstić information content (AvgIpc) is 2.74. The van der Waals surface area contributed by atoms with Gasteiger partial charge in [0, 0.05) is 45.3 Å². The quantitative estimate of drug-likeness (QED) is 0.837. The van der Waals surface area contributed by atoms with Crippen LogP contribution in [0.4, 0.5) is 17.3 Å². The smallest absolute Gasteiger partial charge is 0.134 e. The molecule has 0 N–H and O–H groups in total. The Morgan fingerprint density at radius 3 is 2.07 bits per heavy atom. The maximum Gasteiger partial charge on any atom is 0.134 e. The second-order valence-electron chi connectivity index (χ2n) is 7.28. The molecule has 27 heavy (non-hydrogen) atoms. The van der Waals surface area contributed by atoms with Crippen LogP contribution in [0.5, 0.6) is 0 Å². The molecule has 6 nitrogen and oxygen atoms in total. The Balaban J connectivity index is 1.48. The maximum absolute atomic E-state index is 9.36. The van der Waals surface area contributed by atoms with E-state index in [1.165, 1.54) is 19.3 Å². The highest BCUT2D eigenvalue weighted by Gasteiger charge is 2.22. The number of nitrogens with zero attached hydrogens (tertiary/aromatic N) is 6. The van der Waals surface area contributed by atoms with Crippen molar-refractivity contribution in [2.45, 2.75) is 26.2 Å². The molecule has 2 aliphatic rings. The van der Waals surface area contributed by atoms with E-state index in [0.717, 1.165) is 68.0 Å². The van der Waals surface area contributed by atoms with Crippen LogP contribution in [-0.2, 0) is 0 Å². The van der Waals surface area contributed by atoms with E-state index in [1.54, 1.807) is 0 Å². The summed E-state index contributed by atoms with van der Waals surface area (Å²) in [6.45, 7) is 7.74. The monoisotopic (exact) mass is 362 g/mol. The van der Waals surface area contributed by atoms with Crippen LogP contribution in [0, 0.1) is 18.3 Å². The summed E-state index contributed by atoms with van der Waals surface area (Å²) in [5.41, 5.74) is 1.78. The lowest BCUT2D eigenvalue weighted by Crippen LogP contribution is -2.47. The molecular formula is C21H26N6. The number of piperazine rings is 1. The minimum Gasteiger partial charge on any atom is -0.367 e. The van der Waals surface area contributed by atoms with Crippen LogP contribution in [0.2, 0.25) is 0 Å². The molecule has 0 bridgehead atoms. The van der Waals surface area contributed by atoms with E-state index in [0.29, 0.717) is 0 Å². The zero-order valence-corrected chi connectivity index (χ0v) is 15.9. The zero-order valence-electron chi connectivity index (χ0n) is 15.9. The van der Waals surface area contributed by atoms with E-state index >= 15 is 0 Å². The van der Waals surface area contributed by atoms with Gasteiger partial charge in [-0.15, -0.1) is 0 Å². The van der Waals surface area contributed by atoms with Crippen molar-refractivity contribution in [2.75, 3.05) is 54.0 Å². The Kier molecular flexibility index (Phi) is 5.10. The van der Waals surface area contributed by atoms with Crippen molar-refractivity contribution in [2.24, 2.45) is 0 Å². The third-order valence-corrected chi connectivity index (χ3v) is 5.46. The van der Waals surface area contributed by atoms with Gasteiger partial charge in [0.25, 0.3) is 0 Å². The molecule has 0 atom stereocenters. The van der Waals surface area contributed by atoms with Gasteiger partial charge in [0.1, 0.15) is 23.5 Å². The second kappa shape index (κ2) is 7.83. The lowest BCUT2D eigenvalue weighted by atomic mass is 10.1. The normalized spacial score (nSPS) is 17.7.